The Hall–Kier alpha value is -0.850. The average molecular weight is 327 g/mol. The molecule has 2 N–H and O–H groups in total. The summed E-state index contributed by atoms with van der Waals surface area (Å²) in [7, 11) is 0. The summed E-state index contributed by atoms with van der Waals surface area (Å²) in [5.74, 6) is 1.56. The van der Waals surface area contributed by atoms with Crippen molar-refractivity contribution in [3.05, 3.63) is 0 Å². The van der Waals surface area contributed by atoms with Crippen LogP contribution in [0.3, 0.4) is 0 Å². The van der Waals surface area contributed by atoms with Crippen molar-refractivity contribution in [2.24, 2.45) is 10.9 Å². The quantitative estimate of drug-likeness (QED) is 0.382. The number of ether oxygens (including phenoxy) is 3. The highest BCUT2D eigenvalue weighted by Gasteiger charge is 2.15. The second kappa shape index (κ2) is 11.6. The number of hydrogen-bond donors (Lipinski definition) is 2. The second-order valence-corrected chi connectivity index (χ2v) is 6.27. The molecule has 23 heavy (non-hydrogen) atoms. The lowest BCUT2D eigenvalue weighted by atomic mass is 10.0. The molecule has 6 nitrogen and oxygen atoms in total. The van der Waals surface area contributed by atoms with Crippen molar-refractivity contribution in [1.82, 2.24) is 10.6 Å². The Labute approximate surface area is 140 Å². The average Bonchev–Trinajstić information content (AvgIpc) is 3.10. The van der Waals surface area contributed by atoms with Crippen LogP contribution in [-0.2, 0) is 14.2 Å². The highest BCUT2D eigenvalue weighted by atomic mass is 16.5. The van der Waals surface area contributed by atoms with Gasteiger partial charge in [-0.25, -0.2) is 0 Å². The SMILES string of the molecule is CCNC(=NCC1CCCO1)NCCCOCC1CCOCC1. The van der Waals surface area contributed by atoms with Crippen LogP contribution in [0.4, 0.5) is 0 Å². The maximum absolute atomic E-state index is 5.78. The maximum atomic E-state index is 5.78. The fraction of sp³-hybridized carbons (Fsp3) is 0.941. The summed E-state index contributed by atoms with van der Waals surface area (Å²) in [6.07, 6.45) is 5.86. The molecule has 134 valence electrons. The minimum absolute atomic E-state index is 0.299. The molecular weight excluding hydrogens is 294 g/mol. The first-order valence-electron chi connectivity index (χ1n) is 9.17. The van der Waals surface area contributed by atoms with Gasteiger partial charge in [0, 0.05) is 46.1 Å². The molecule has 0 spiro atoms. The summed E-state index contributed by atoms with van der Waals surface area (Å²) in [6, 6.07) is 0. The summed E-state index contributed by atoms with van der Waals surface area (Å²) in [5, 5.41) is 6.64. The fourth-order valence-electron chi connectivity index (χ4n) is 2.87. The van der Waals surface area contributed by atoms with Crippen LogP contribution in [-0.4, -0.2) is 64.7 Å². The van der Waals surface area contributed by atoms with E-state index >= 15 is 0 Å². The third-order valence-electron chi connectivity index (χ3n) is 4.27. The lowest BCUT2D eigenvalue weighted by Gasteiger charge is -2.21. The van der Waals surface area contributed by atoms with Gasteiger partial charge in [-0.2, -0.15) is 0 Å². The van der Waals surface area contributed by atoms with Crippen LogP contribution in [0, 0.1) is 5.92 Å². The first kappa shape index (κ1) is 18.5. The number of hydrogen-bond acceptors (Lipinski definition) is 4. The molecule has 0 aromatic rings. The molecule has 1 atom stereocenters. The zero-order chi connectivity index (χ0) is 16.2. The maximum Gasteiger partial charge on any atom is 0.191 e. The third kappa shape index (κ3) is 7.99. The largest absolute Gasteiger partial charge is 0.381 e. The lowest BCUT2D eigenvalue weighted by molar-refractivity contribution is 0.0203. The van der Waals surface area contributed by atoms with E-state index in [4.69, 9.17) is 14.2 Å². The minimum Gasteiger partial charge on any atom is -0.381 e. The highest BCUT2D eigenvalue weighted by Crippen LogP contribution is 2.14. The molecule has 2 heterocycles. The molecule has 0 radical (unpaired) electrons. The fourth-order valence-corrected chi connectivity index (χ4v) is 2.87. The van der Waals surface area contributed by atoms with Crippen molar-refractivity contribution in [3.63, 3.8) is 0 Å². The molecule has 2 rings (SSSR count). The van der Waals surface area contributed by atoms with Crippen LogP contribution in [0.2, 0.25) is 0 Å². The standard InChI is InChI=1S/C17H33N3O3/c1-2-18-17(20-13-16-5-3-10-23-16)19-8-4-9-22-14-15-6-11-21-12-7-15/h15-16H,2-14H2,1H3,(H2,18,19,20). The van der Waals surface area contributed by atoms with Gasteiger partial charge < -0.3 is 24.8 Å². The predicted molar refractivity (Wildman–Crippen MR) is 91.9 cm³/mol. The van der Waals surface area contributed by atoms with Crippen LogP contribution in [0.15, 0.2) is 4.99 Å². The van der Waals surface area contributed by atoms with E-state index < -0.39 is 0 Å². The van der Waals surface area contributed by atoms with Crippen molar-refractivity contribution < 1.29 is 14.2 Å². The summed E-state index contributed by atoms with van der Waals surface area (Å²) < 4.78 is 16.7. The Morgan fingerprint density at radius 2 is 2.04 bits per heavy atom. The molecule has 2 fully saturated rings. The van der Waals surface area contributed by atoms with Gasteiger partial charge in [0.1, 0.15) is 0 Å². The van der Waals surface area contributed by atoms with Gasteiger partial charge in [0.25, 0.3) is 0 Å². The van der Waals surface area contributed by atoms with Crippen LogP contribution in [0.1, 0.15) is 39.0 Å². The van der Waals surface area contributed by atoms with Gasteiger partial charge in [0.15, 0.2) is 5.96 Å². The van der Waals surface area contributed by atoms with Gasteiger partial charge in [-0.1, -0.05) is 0 Å². The molecule has 2 aliphatic heterocycles. The molecule has 0 amide bonds. The number of nitrogens with zero attached hydrogens (tertiary/aromatic N) is 1. The topological polar surface area (TPSA) is 64.1 Å². The van der Waals surface area contributed by atoms with E-state index in [1.165, 1.54) is 0 Å². The third-order valence-corrected chi connectivity index (χ3v) is 4.27. The van der Waals surface area contributed by atoms with Gasteiger partial charge in [-0.3, -0.25) is 4.99 Å². The molecule has 0 aromatic carbocycles. The Morgan fingerprint density at radius 1 is 1.17 bits per heavy atom. The highest BCUT2D eigenvalue weighted by molar-refractivity contribution is 5.79. The monoisotopic (exact) mass is 327 g/mol. The first-order chi connectivity index (χ1) is 11.4. The van der Waals surface area contributed by atoms with Gasteiger partial charge in [-0.05, 0) is 44.9 Å². The van der Waals surface area contributed by atoms with E-state index in [2.05, 4.69) is 22.5 Å². The van der Waals surface area contributed by atoms with Gasteiger partial charge in [0.2, 0.25) is 0 Å². The Bertz CT molecular complexity index is 327. The molecule has 2 aliphatic rings. The Morgan fingerprint density at radius 3 is 2.78 bits per heavy atom. The van der Waals surface area contributed by atoms with Gasteiger partial charge in [0.05, 0.1) is 12.6 Å². The summed E-state index contributed by atoms with van der Waals surface area (Å²) >= 11 is 0. The molecule has 6 heteroatoms. The molecule has 0 aliphatic carbocycles. The molecule has 0 saturated carbocycles. The van der Waals surface area contributed by atoms with Crippen molar-refractivity contribution >= 4 is 5.96 Å². The van der Waals surface area contributed by atoms with E-state index in [0.717, 1.165) is 90.7 Å². The summed E-state index contributed by atoms with van der Waals surface area (Å²) in [6.45, 7) is 8.92. The van der Waals surface area contributed by atoms with Crippen molar-refractivity contribution in [1.29, 1.82) is 0 Å². The number of guanidine groups is 1. The van der Waals surface area contributed by atoms with Crippen LogP contribution < -0.4 is 10.6 Å². The van der Waals surface area contributed by atoms with Gasteiger partial charge >= 0.3 is 0 Å². The number of rotatable bonds is 9. The molecule has 1 unspecified atom stereocenters. The summed E-state index contributed by atoms with van der Waals surface area (Å²) in [5.41, 5.74) is 0. The molecule has 2 saturated heterocycles. The molecule has 0 aromatic heterocycles. The van der Waals surface area contributed by atoms with E-state index in [-0.39, 0.29) is 0 Å². The zero-order valence-electron chi connectivity index (χ0n) is 14.5. The smallest absolute Gasteiger partial charge is 0.191 e. The molecule has 0 bridgehead atoms. The van der Waals surface area contributed by atoms with E-state index in [1.54, 1.807) is 0 Å². The Balaban J connectivity index is 1.51. The predicted octanol–water partition coefficient (Wildman–Crippen LogP) is 1.55. The lowest BCUT2D eigenvalue weighted by Crippen LogP contribution is -2.38. The van der Waals surface area contributed by atoms with E-state index in [1.807, 2.05) is 0 Å². The second-order valence-electron chi connectivity index (χ2n) is 6.27. The first-order valence-corrected chi connectivity index (χ1v) is 9.17. The normalized spacial score (nSPS) is 23.2. The van der Waals surface area contributed by atoms with Crippen LogP contribution in [0.5, 0.6) is 0 Å². The van der Waals surface area contributed by atoms with Crippen molar-refractivity contribution in [2.75, 3.05) is 52.7 Å². The van der Waals surface area contributed by atoms with Crippen molar-refractivity contribution in [3.8, 4) is 0 Å². The van der Waals surface area contributed by atoms with E-state index in [9.17, 15) is 0 Å². The van der Waals surface area contributed by atoms with Crippen LogP contribution >= 0.6 is 0 Å². The Kier molecular flexibility index (Phi) is 9.36. The molecular formula is C17H33N3O3. The van der Waals surface area contributed by atoms with E-state index in [0.29, 0.717) is 12.0 Å². The van der Waals surface area contributed by atoms with Gasteiger partial charge in [-0.15, -0.1) is 0 Å². The van der Waals surface area contributed by atoms with Crippen LogP contribution in [0.25, 0.3) is 0 Å². The summed E-state index contributed by atoms with van der Waals surface area (Å²) in [4.78, 5) is 4.60. The number of nitrogens with one attached hydrogen (secondary N) is 2. The zero-order valence-corrected chi connectivity index (χ0v) is 14.5. The minimum atomic E-state index is 0.299. The number of aliphatic imine (C=N–C) groups is 1. The van der Waals surface area contributed by atoms with Crippen molar-refractivity contribution in [2.45, 2.75) is 45.1 Å².